The second kappa shape index (κ2) is 4.17. The standard InChI is InChI=1S/C15H12N2O2/c16-11-6-5-9(7-12(11)17)15-8-13(18)10-3-1-2-4-14(10)19-15/h1-8H,16-17H2. The Balaban J connectivity index is 2.25. The number of hydrogen-bond acceptors (Lipinski definition) is 4. The summed E-state index contributed by atoms with van der Waals surface area (Å²) >= 11 is 0. The molecule has 0 spiro atoms. The normalized spacial score (nSPS) is 10.7. The van der Waals surface area contributed by atoms with Gasteiger partial charge in [-0.2, -0.15) is 0 Å². The van der Waals surface area contributed by atoms with Crippen LogP contribution in [0.5, 0.6) is 0 Å². The zero-order chi connectivity index (χ0) is 13.4. The summed E-state index contributed by atoms with van der Waals surface area (Å²) in [4.78, 5) is 12.0. The molecule has 0 radical (unpaired) electrons. The van der Waals surface area contributed by atoms with Crippen LogP contribution in [0.3, 0.4) is 0 Å². The van der Waals surface area contributed by atoms with E-state index < -0.39 is 0 Å². The molecule has 0 aliphatic carbocycles. The van der Waals surface area contributed by atoms with Gasteiger partial charge in [0.05, 0.1) is 16.8 Å². The summed E-state index contributed by atoms with van der Waals surface area (Å²) in [6.45, 7) is 0. The first-order valence-electron chi connectivity index (χ1n) is 5.83. The van der Waals surface area contributed by atoms with Crippen LogP contribution in [-0.4, -0.2) is 0 Å². The van der Waals surface area contributed by atoms with Crippen molar-refractivity contribution in [3.05, 3.63) is 58.8 Å². The molecule has 0 unspecified atom stereocenters. The van der Waals surface area contributed by atoms with Crippen LogP contribution >= 0.6 is 0 Å². The van der Waals surface area contributed by atoms with Gasteiger partial charge in [-0.05, 0) is 30.3 Å². The lowest BCUT2D eigenvalue weighted by Gasteiger charge is -2.05. The average molecular weight is 252 g/mol. The summed E-state index contributed by atoms with van der Waals surface area (Å²) in [7, 11) is 0. The van der Waals surface area contributed by atoms with Gasteiger partial charge in [-0.15, -0.1) is 0 Å². The summed E-state index contributed by atoms with van der Waals surface area (Å²) in [5, 5.41) is 0.565. The maximum atomic E-state index is 12.0. The van der Waals surface area contributed by atoms with Gasteiger partial charge in [0.2, 0.25) is 0 Å². The quantitative estimate of drug-likeness (QED) is 0.652. The van der Waals surface area contributed by atoms with E-state index in [1.54, 1.807) is 36.4 Å². The zero-order valence-corrected chi connectivity index (χ0v) is 10.1. The van der Waals surface area contributed by atoms with Gasteiger partial charge < -0.3 is 15.9 Å². The minimum absolute atomic E-state index is 0.0766. The number of benzene rings is 2. The van der Waals surface area contributed by atoms with Crippen LogP contribution in [0.15, 0.2) is 57.7 Å². The molecule has 0 saturated carbocycles. The maximum absolute atomic E-state index is 12.0. The lowest BCUT2D eigenvalue weighted by Crippen LogP contribution is -2.00. The fourth-order valence-corrected chi connectivity index (χ4v) is 1.97. The van der Waals surface area contributed by atoms with Crippen molar-refractivity contribution in [2.45, 2.75) is 0 Å². The summed E-state index contributed by atoms with van der Waals surface area (Å²) in [6.07, 6.45) is 0. The molecule has 0 bridgehead atoms. The number of hydrogen-bond donors (Lipinski definition) is 2. The van der Waals surface area contributed by atoms with Crippen LogP contribution < -0.4 is 16.9 Å². The molecule has 0 atom stereocenters. The van der Waals surface area contributed by atoms with Gasteiger partial charge in [-0.1, -0.05) is 12.1 Å². The van der Waals surface area contributed by atoms with Crippen molar-refractivity contribution >= 4 is 22.3 Å². The lowest BCUT2D eigenvalue weighted by molar-refractivity contribution is 0.619. The number of anilines is 2. The van der Waals surface area contributed by atoms with Gasteiger partial charge >= 0.3 is 0 Å². The van der Waals surface area contributed by atoms with Crippen molar-refractivity contribution in [2.75, 3.05) is 11.5 Å². The summed E-state index contributed by atoms with van der Waals surface area (Å²) < 4.78 is 5.73. The Hall–Kier alpha value is -2.75. The van der Waals surface area contributed by atoms with Crippen LogP contribution in [0.2, 0.25) is 0 Å². The Kier molecular flexibility index (Phi) is 2.49. The van der Waals surface area contributed by atoms with Crippen molar-refractivity contribution < 1.29 is 4.42 Å². The van der Waals surface area contributed by atoms with Crippen LogP contribution in [0.4, 0.5) is 11.4 Å². The molecule has 3 rings (SSSR count). The minimum Gasteiger partial charge on any atom is -0.456 e. The molecule has 0 aliphatic heterocycles. The van der Waals surface area contributed by atoms with Crippen molar-refractivity contribution in [1.29, 1.82) is 0 Å². The molecule has 0 saturated heterocycles. The molecule has 94 valence electrons. The van der Waals surface area contributed by atoms with Crippen LogP contribution in [0.25, 0.3) is 22.3 Å². The number of fused-ring (bicyclic) bond motifs is 1. The Labute approximate surface area is 109 Å². The predicted molar refractivity (Wildman–Crippen MR) is 76.7 cm³/mol. The highest BCUT2D eigenvalue weighted by Crippen LogP contribution is 2.26. The third kappa shape index (κ3) is 1.93. The first-order valence-corrected chi connectivity index (χ1v) is 5.83. The highest BCUT2D eigenvalue weighted by molar-refractivity contribution is 5.79. The molecule has 4 heteroatoms. The smallest absolute Gasteiger partial charge is 0.193 e. The third-order valence-electron chi connectivity index (χ3n) is 3.01. The van der Waals surface area contributed by atoms with E-state index in [-0.39, 0.29) is 5.43 Å². The Morgan fingerprint density at radius 1 is 0.895 bits per heavy atom. The van der Waals surface area contributed by atoms with Crippen molar-refractivity contribution in [3.8, 4) is 11.3 Å². The highest BCUT2D eigenvalue weighted by atomic mass is 16.3. The highest BCUT2D eigenvalue weighted by Gasteiger charge is 2.07. The average Bonchev–Trinajstić information content (AvgIpc) is 2.42. The predicted octanol–water partition coefficient (Wildman–Crippen LogP) is 2.62. The molecule has 0 aliphatic rings. The summed E-state index contributed by atoms with van der Waals surface area (Å²) in [5.74, 6) is 0.482. The maximum Gasteiger partial charge on any atom is 0.193 e. The monoisotopic (exact) mass is 252 g/mol. The van der Waals surface area contributed by atoms with Gasteiger partial charge in [-0.25, -0.2) is 0 Å². The lowest BCUT2D eigenvalue weighted by atomic mass is 10.1. The Morgan fingerprint density at radius 2 is 1.68 bits per heavy atom. The van der Waals surface area contributed by atoms with E-state index >= 15 is 0 Å². The second-order valence-corrected chi connectivity index (χ2v) is 4.31. The van der Waals surface area contributed by atoms with Gasteiger partial charge in [-0.3, -0.25) is 4.79 Å². The summed E-state index contributed by atoms with van der Waals surface area (Å²) in [5.41, 5.74) is 13.6. The van der Waals surface area contributed by atoms with E-state index in [4.69, 9.17) is 15.9 Å². The first kappa shape index (κ1) is 11.3. The van der Waals surface area contributed by atoms with Crippen LogP contribution in [-0.2, 0) is 0 Å². The van der Waals surface area contributed by atoms with Crippen molar-refractivity contribution in [1.82, 2.24) is 0 Å². The van der Waals surface area contributed by atoms with Gasteiger partial charge in [0.25, 0.3) is 0 Å². The second-order valence-electron chi connectivity index (χ2n) is 4.31. The molecule has 1 heterocycles. The first-order chi connectivity index (χ1) is 9.15. The van der Waals surface area contributed by atoms with E-state index in [1.807, 2.05) is 6.07 Å². The van der Waals surface area contributed by atoms with E-state index in [9.17, 15) is 4.79 Å². The minimum atomic E-state index is -0.0766. The van der Waals surface area contributed by atoms with Gasteiger partial charge in [0.1, 0.15) is 11.3 Å². The number of rotatable bonds is 1. The summed E-state index contributed by atoms with van der Waals surface area (Å²) in [6, 6.07) is 13.8. The molecule has 19 heavy (non-hydrogen) atoms. The van der Waals surface area contributed by atoms with Crippen molar-refractivity contribution in [2.24, 2.45) is 0 Å². The molecule has 0 amide bonds. The largest absolute Gasteiger partial charge is 0.456 e. The topological polar surface area (TPSA) is 82.2 Å². The molecule has 1 aromatic heterocycles. The molecule has 4 nitrogen and oxygen atoms in total. The Bertz CT molecular complexity index is 822. The number of nitrogens with two attached hydrogens (primary N) is 2. The zero-order valence-electron chi connectivity index (χ0n) is 10.1. The third-order valence-corrected chi connectivity index (χ3v) is 3.01. The number of nitrogen functional groups attached to an aromatic ring is 2. The molecule has 3 aromatic rings. The molecule has 2 aromatic carbocycles. The fourth-order valence-electron chi connectivity index (χ4n) is 1.97. The molecular weight excluding hydrogens is 240 g/mol. The van der Waals surface area contributed by atoms with Crippen LogP contribution in [0.1, 0.15) is 0 Å². The van der Waals surface area contributed by atoms with Crippen molar-refractivity contribution in [3.63, 3.8) is 0 Å². The molecule has 0 fully saturated rings. The number of para-hydroxylation sites is 1. The van der Waals surface area contributed by atoms with E-state index in [0.29, 0.717) is 28.1 Å². The van der Waals surface area contributed by atoms with E-state index in [2.05, 4.69) is 0 Å². The van der Waals surface area contributed by atoms with E-state index in [1.165, 1.54) is 6.07 Å². The van der Waals surface area contributed by atoms with Gasteiger partial charge in [0, 0.05) is 11.6 Å². The fraction of sp³-hybridized carbons (Fsp3) is 0. The molecule has 4 N–H and O–H groups in total. The van der Waals surface area contributed by atoms with Gasteiger partial charge in [0.15, 0.2) is 5.43 Å². The Morgan fingerprint density at radius 3 is 2.47 bits per heavy atom. The molecular formula is C15H12N2O2. The van der Waals surface area contributed by atoms with Crippen LogP contribution in [0, 0.1) is 0 Å². The SMILES string of the molecule is Nc1ccc(-c2cc(=O)c3ccccc3o2)cc1N. The van der Waals surface area contributed by atoms with E-state index in [0.717, 1.165) is 5.56 Å².